The highest BCUT2D eigenvalue weighted by Crippen LogP contribution is 2.23. The van der Waals surface area contributed by atoms with Gasteiger partial charge in [0.15, 0.2) is 0 Å². The Morgan fingerprint density at radius 2 is 2.32 bits per heavy atom. The van der Waals surface area contributed by atoms with E-state index < -0.39 is 0 Å². The summed E-state index contributed by atoms with van der Waals surface area (Å²) < 4.78 is 5.50. The van der Waals surface area contributed by atoms with E-state index in [1.165, 1.54) is 12.8 Å². The van der Waals surface area contributed by atoms with Crippen molar-refractivity contribution in [3.63, 3.8) is 0 Å². The van der Waals surface area contributed by atoms with Gasteiger partial charge in [-0.05, 0) is 46.2 Å². The zero-order valence-electron chi connectivity index (χ0n) is 12.1. The predicted octanol–water partition coefficient (Wildman–Crippen LogP) is 1.62. The van der Waals surface area contributed by atoms with Crippen LogP contribution in [-0.2, 0) is 0 Å². The molecule has 1 fully saturated rings. The van der Waals surface area contributed by atoms with Crippen LogP contribution in [0.5, 0.6) is 5.88 Å². The molecule has 1 atom stereocenters. The number of nitrogens with zero attached hydrogens (tertiary/aromatic N) is 3. The van der Waals surface area contributed by atoms with Crippen molar-refractivity contribution in [1.29, 1.82) is 0 Å². The van der Waals surface area contributed by atoms with Crippen molar-refractivity contribution < 1.29 is 4.74 Å². The molecule has 5 nitrogen and oxygen atoms in total. The molecule has 0 radical (unpaired) electrons. The van der Waals surface area contributed by atoms with E-state index in [9.17, 15) is 0 Å². The molecule has 0 aromatic carbocycles. The van der Waals surface area contributed by atoms with E-state index in [1.807, 2.05) is 27.0 Å². The van der Waals surface area contributed by atoms with Crippen LogP contribution in [0.25, 0.3) is 0 Å². The lowest BCUT2D eigenvalue weighted by atomic mass is 9.98. The highest BCUT2D eigenvalue weighted by Gasteiger charge is 2.21. The molecule has 1 saturated heterocycles. The van der Waals surface area contributed by atoms with Crippen LogP contribution < -0.4 is 15.0 Å². The molecule has 0 amide bonds. The first-order valence-electron chi connectivity index (χ1n) is 7.11. The van der Waals surface area contributed by atoms with E-state index in [0.717, 1.165) is 31.3 Å². The maximum atomic E-state index is 5.50. The van der Waals surface area contributed by atoms with Crippen LogP contribution >= 0.6 is 0 Å². The lowest BCUT2D eigenvalue weighted by molar-refractivity contribution is 0.325. The Bertz CT molecular complexity index is 408. The van der Waals surface area contributed by atoms with Gasteiger partial charge in [-0.3, -0.25) is 0 Å². The molecule has 1 unspecified atom stereocenters. The molecule has 0 spiro atoms. The van der Waals surface area contributed by atoms with Gasteiger partial charge in [0.25, 0.3) is 0 Å². The standard InChI is InChI=1S/C14H24N4O/c1-4-19-14-8-13(16-11(2)17-14)18-7-5-6-12(10-18)9-15-3/h8,12,15H,4-7,9-10H2,1-3H3. The molecule has 1 aliphatic rings. The minimum Gasteiger partial charge on any atom is -0.478 e. The van der Waals surface area contributed by atoms with Crippen molar-refractivity contribution in [2.45, 2.75) is 26.7 Å². The molecule has 2 heterocycles. The van der Waals surface area contributed by atoms with Crippen LogP contribution in [0.3, 0.4) is 0 Å². The van der Waals surface area contributed by atoms with Gasteiger partial charge in [0.05, 0.1) is 6.61 Å². The Morgan fingerprint density at radius 3 is 3.05 bits per heavy atom. The Labute approximate surface area is 115 Å². The lowest BCUT2D eigenvalue weighted by Crippen LogP contribution is -2.39. The summed E-state index contributed by atoms with van der Waals surface area (Å²) in [4.78, 5) is 11.2. The molecule has 1 aromatic rings. The van der Waals surface area contributed by atoms with Gasteiger partial charge in [0.1, 0.15) is 11.6 Å². The van der Waals surface area contributed by atoms with E-state index in [2.05, 4.69) is 20.2 Å². The summed E-state index contributed by atoms with van der Waals surface area (Å²) >= 11 is 0. The molecular weight excluding hydrogens is 240 g/mol. The predicted molar refractivity (Wildman–Crippen MR) is 76.8 cm³/mol. The Hall–Kier alpha value is -1.36. The fourth-order valence-electron chi connectivity index (χ4n) is 2.64. The van der Waals surface area contributed by atoms with Crippen LogP contribution in [0.2, 0.25) is 0 Å². The minimum absolute atomic E-state index is 0.637. The number of aromatic nitrogens is 2. The van der Waals surface area contributed by atoms with Crippen molar-refractivity contribution in [2.24, 2.45) is 5.92 Å². The molecule has 2 rings (SSSR count). The third-order valence-corrected chi connectivity index (χ3v) is 3.43. The summed E-state index contributed by atoms with van der Waals surface area (Å²) in [5, 5.41) is 3.27. The summed E-state index contributed by atoms with van der Waals surface area (Å²) in [6.07, 6.45) is 2.51. The van der Waals surface area contributed by atoms with Gasteiger partial charge in [0.2, 0.25) is 5.88 Å². The fourth-order valence-corrected chi connectivity index (χ4v) is 2.64. The smallest absolute Gasteiger partial charge is 0.218 e. The maximum Gasteiger partial charge on any atom is 0.218 e. The monoisotopic (exact) mass is 264 g/mol. The number of rotatable bonds is 5. The summed E-state index contributed by atoms with van der Waals surface area (Å²) in [6, 6.07) is 1.96. The number of aryl methyl sites for hydroxylation is 1. The molecule has 1 aromatic heterocycles. The average Bonchev–Trinajstić information content (AvgIpc) is 2.39. The van der Waals surface area contributed by atoms with E-state index in [4.69, 9.17) is 4.74 Å². The van der Waals surface area contributed by atoms with Gasteiger partial charge in [-0.2, -0.15) is 4.98 Å². The van der Waals surface area contributed by atoms with Crippen molar-refractivity contribution in [1.82, 2.24) is 15.3 Å². The molecule has 0 bridgehead atoms. The van der Waals surface area contributed by atoms with Gasteiger partial charge in [-0.1, -0.05) is 0 Å². The zero-order valence-corrected chi connectivity index (χ0v) is 12.1. The first kappa shape index (κ1) is 14.1. The van der Waals surface area contributed by atoms with E-state index in [-0.39, 0.29) is 0 Å². The van der Waals surface area contributed by atoms with Crippen molar-refractivity contribution in [2.75, 3.05) is 38.2 Å². The number of nitrogens with one attached hydrogen (secondary N) is 1. The van der Waals surface area contributed by atoms with E-state index >= 15 is 0 Å². The lowest BCUT2D eigenvalue weighted by Gasteiger charge is -2.33. The van der Waals surface area contributed by atoms with Gasteiger partial charge in [-0.15, -0.1) is 0 Å². The van der Waals surface area contributed by atoms with Crippen LogP contribution in [0.1, 0.15) is 25.6 Å². The molecule has 1 aliphatic heterocycles. The second kappa shape index (κ2) is 6.70. The van der Waals surface area contributed by atoms with Crippen LogP contribution in [-0.4, -0.2) is 43.3 Å². The number of ether oxygens (including phenoxy) is 1. The largest absolute Gasteiger partial charge is 0.478 e. The number of hydrogen-bond donors (Lipinski definition) is 1. The van der Waals surface area contributed by atoms with Gasteiger partial charge < -0.3 is 15.0 Å². The van der Waals surface area contributed by atoms with E-state index in [1.54, 1.807) is 0 Å². The third-order valence-electron chi connectivity index (χ3n) is 3.43. The molecule has 1 N–H and O–H groups in total. The van der Waals surface area contributed by atoms with E-state index in [0.29, 0.717) is 18.4 Å². The highest BCUT2D eigenvalue weighted by atomic mass is 16.5. The second-order valence-electron chi connectivity index (χ2n) is 5.06. The number of anilines is 1. The average molecular weight is 264 g/mol. The highest BCUT2D eigenvalue weighted by molar-refractivity contribution is 5.42. The maximum absolute atomic E-state index is 5.50. The topological polar surface area (TPSA) is 50.3 Å². The molecule has 106 valence electrons. The Kier molecular flexibility index (Phi) is 4.96. The molecule has 5 heteroatoms. The summed E-state index contributed by atoms with van der Waals surface area (Å²) in [7, 11) is 2.01. The normalized spacial score (nSPS) is 19.5. The second-order valence-corrected chi connectivity index (χ2v) is 5.06. The molecular formula is C14H24N4O. The first-order chi connectivity index (χ1) is 9.22. The molecule has 0 aliphatic carbocycles. The molecule has 0 saturated carbocycles. The van der Waals surface area contributed by atoms with Crippen LogP contribution in [0, 0.1) is 12.8 Å². The van der Waals surface area contributed by atoms with Gasteiger partial charge in [0, 0.05) is 19.2 Å². The van der Waals surface area contributed by atoms with Gasteiger partial charge in [-0.25, -0.2) is 4.98 Å². The zero-order chi connectivity index (χ0) is 13.7. The SMILES string of the molecule is CCOc1cc(N2CCCC(CNC)C2)nc(C)n1. The van der Waals surface area contributed by atoms with Crippen molar-refractivity contribution >= 4 is 5.82 Å². The van der Waals surface area contributed by atoms with Gasteiger partial charge >= 0.3 is 0 Å². The summed E-state index contributed by atoms with van der Waals surface area (Å²) in [5.74, 6) is 3.15. The first-order valence-corrected chi connectivity index (χ1v) is 7.11. The number of hydrogen-bond acceptors (Lipinski definition) is 5. The van der Waals surface area contributed by atoms with Crippen molar-refractivity contribution in [3.8, 4) is 5.88 Å². The quantitative estimate of drug-likeness (QED) is 0.876. The molecule has 19 heavy (non-hydrogen) atoms. The summed E-state index contributed by atoms with van der Waals surface area (Å²) in [6.45, 7) is 7.73. The Balaban J connectivity index is 2.11. The number of piperidine rings is 1. The van der Waals surface area contributed by atoms with Crippen LogP contribution in [0.4, 0.5) is 5.82 Å². The Morgan fingerprint density at radius 1 is 1.47 bits per heavy atom. The van der Waals surface area contributed by atoms with Crippen LogP contribution in [0.15, 0.2) is 6.07 Å². The third kappa shape index (κ3) is 3.80. The summed E-state index contributed by atoms with van der Waals surface area (Å²) in [5.41, 5.74) is 0. The minimum atomic E-state index is 0.637. The van der Waals surface area contributed by atoms with Crippen molar-refractivity contribution in [3.05, 3.63) is 11.9 Å². The fraction of sp³-hybridized carbons (Fsp3) is 0.714.